The number of likely N-dealkylation sites (tertiary alicyclic amines) is 1. The van der Waals surface area contributed by atoms with Crippen LogP contribution in [0.2, 0.25) is 0 Å². The maximum Gasteiger partial charge on any atom is 0.253 e. The summed E-state index contributed by atoms with van der Waals surface area (Å²) in [4.78, 5) is 15.4. The lowest BCUT2D eigenvalue weighted by Gasteiger charge is -2.36. The fourth-order valence-corrected chi connectivity index (χ4v) is 5.92. The molecule has 1 aromatic rings. The zero-order valence-electron chi connectivity index (χ0n) is 15.0. The number of sulfonamides is 1. The van der Waals surface area contributed by atoms with Gasteiger partial charge < -0.3 is 9.64 Å². The van der Waals surface area contributed by atoms with Crippen LogP contribution in [0.15, 0.2) is 29.2 Å². The molecule has 7 nitrogen and oxygen atoms in total. The lowest BCUT2D eigenvalue weighted by molar-refractivity contribution is 0.0685. The molecular weight excluding hydrogens is 386 g/mol. The molecule has 0 unspecified atom stereocenters. The maximum absolute atomic E-state index is 12.9. The van der Waals surface area contributed by atoms with Gasteiger partial charge in [0, 0.05) is 36.6 Å². The third kappa shape index (κ3) is 4.82. The molecule has 2 saturated heterocycles. The van der Waals surface area contributed by atoms with Crippen molar-refractivity contribution in [3.05, 3.63) is 29.8 Å². The molecule has 2 aliphatic heterocycles. The number of piperidine rings is 1. The first-order chi connectivity index (χ1) is 13.0. The molecule has 1 amide bonds. The minimum absolute atomic E-state index is 0.156. The molecule has 3 rings (SSSR count). The molecule has 27 heavy (non-hydrogen) atoms. The Balaban J connectivity index is 1.70. The summed E-state index contributed by atoms with van der Waals surface area (Å²) in [6.07, 6.45) is 1.24. The summed E-state index contributed by atoms with van der Waals surface area (Å²) in [6, 6.07) is 9.22. The fraction of sp³-hybridized carbons (Fsp3) is 0.556. The number of morpholine rings is 1. The van der Waals surface area contributed by atoms with Crippen LogP contribution in [0.3, 0.4) is 0 Å². The minimum Gasteiger partial charge on any atom is -0.379 e. The molecule has 2 fully saturated rings. The summed E-state index contributed by atoms with van der Waals surface area (Å²) >= 11 is 1.38. The number of thioether (sulfide) groups is 1. The predicted molar refractivity (Wildman–Crippen MR) is 103 cm³/mol. The lowest BCUT2D eigenvalue weighted by atomic mass is 10.1. The van der Waals surface area contributed by atoms with Gasteiger partial charge in [0.15, 0.2) is 0 Å². The number of ether oxygens (including phenoxy) is 1. The Hall–Kier alpha value is -1.60. The quantitative estimate of drug-likeness (QED) is 0.686. The predicted octanol–water partition coefficient (Wildman–Crippen LogP) is 1.57. The first-order valence-electron chi connectivity index (χ1n) is 8.98. The van der Waals surface area contributed by atoms with Crippen LogP contribution in [-0.2, 0) is 14.8 Å². The van der Waals surface area contributed by atoms with Gasteiger partial charge in [-0.3, -0.25) is 4.79 Å². The van der Waals surface area contributed by atoms with E-state index < -0.39 is 15.3 Å². The van der Waals surface area contributed by atoms with Crippen molar-refractivity contribution >= 4 is 27.7 Å². The number of carbonyl (C=O) groups is 1. The molecule has 0 aromatic heterocycles. The van der Waals surface area contributed by atoms with Crippen molar-refractivity contribution in [2.24, 2.45) is 0 Å². The van der Waals surface area contributed by atoms with Gasteiger partial charge in [-0.25, -0.2) is 8.42 Å². The first-order valence-corrected chi connectivity index (χ1v) is 11.5. The van der Waals surface area contributed by atoms with Gasteiger partial charge >= 0.3 is 0 Å². The Morgan fingerprint density at radius 3 is 2.81 bits per heavy atom. The van der Waals surface area contributed by atoms with Crippen LogP contribution >= 0.6 is 11.8 Å². The second kappa shape index (κ2) is 9.06. The second-order valence-electron chi connectivity index (χ2n) is 6.55. The van der Waals surface area contributed by atoms with Gasteiger partial charge in [-0.1, -0.05) is 6.07 Å². The normalized spacial score (nSPS) is 21.6. The zero-order valence-corrected chi connectivity index (χ0v) is 16.7. The lowest BCUT2D eigenvalue weighted by Crippen LogP contribution is -2.51. The molecule has 0 radical (unpaired) electrons. The highest BCUT2D eigenvalue weighted by Crippen LogP contribution is 2.24. The Morgan fingerprint density at radius 1 is 1.30 bits per heavy atom. The van der Waals surface area contributed by atoms with E-state index in [1.807, 2.05) is 6.07 Å². The standard InChI is InChI=1S/C18H23N3O4S2/c19-6-12-26-16-4-1-3-15(13-16)18(22)20-7-2-5-17(14-20)27(23,24)21-8-10-25-11-9-21/h1,3-4,13,17H,2,5,7-12,14H2/t17-/m1/s1. The monoisotopic (exact) mass is 409 g/mol. The van der Waals surface area contributed by atoms with E-state index in [-0.39, 0.29) is 12.5 Å². The fourth-order valence-electron chi connectivity index (χ4n) is 3.39. The number of hydrogen-bond donors (Lipinski definition) is 0. The van der Waals surface area contributed by atoms with Gasteiger partial charge in [0.1, 0.15) is 0 Å². The number of amides is 1. The third-order valence-electron chi connectivity index (χ3n) is 4.80. The van der Waals surface area contributed by atoms with Crippen LogP contribution in [-0.4, -0.2) is 73.9 Å². The molecule has 1 atom stereocenters. The van der Waals surface area contributed by atoms with E-state index in [0.29, 0.717) is 57.0 Å². The molecule has 0 spiro atoms. The number of nitriles is 1. The van der Waals surface area contributed by atoms with Crippen LogP contribution in [0, 0.1) is 11.3 Å². The van der Waals surface area contributed by atoms with E-state index in [0.717, 1.165) is 4.90 Å². The largest absolute Gasteiger partial charge is 0.379 e. The van der Waals surface area contributed by atoms with E-state index in [1.54, 1.807) is 23.1 Å². The van der Waals surface area contributed by atoms with Crippen molar-refractivity contribution in [2.45, 2.75) is 23.0 Å². The molecule has 2 aliphatic rings. The van der Waals surface area contributed by atoms with Gasteiger partial charge in [-0.05, 0) is 31.0 Å². The summed E-state index contributed by atoms with van der Waals surface area (Å²) < 4.78 is 32.6. The molecule has 1 aromatic carbocycles. The minimum atomic E-state index is -3.43. The molecule has 0 bridgehead atoms. The number of rotatable bonds is 5. The number of carbonyl (C=O) groups excluding carboxylic acids is 1. The average molecular weight is 410 g/mol. The topological polar surface area (TPSA) is 90.7 Å². The average Bonchev–Trinajstić information content (AvgIpc) is 2.72. The molecular formula is C18H23N3O4S2. The highest BCUT2D eigenvalue weighted by atomic mass is 32.2. The van der Waals surface area contributed by atoms with Gasteiger partial charge in [-0.2, -0.15) is 9.57 Å². The smallest absolute Gasteiger partial charge is 0.253 e. The summed E-state index contributed by atoms with van der Waals surface area (Å²) in [5, 5.41) is 8.14. The third-order valence-corrected chi connectivity index (χ3v) is 7.97. The van der Waals surface area contributed by atoms with Crippen LogP contribution in [0.1, 0.15) is 23.2 Å². The van der Waals surface area contributed by atoms with Crippen molar-refractivity contribution in [1.29, 1.82) is 5.26 Å². The Bertz CT molecular complexity index is 816. The highest BCUT2D eigenvalue weighted by Gasteiger charge is 2.37. The molecule has 2 heterocycles. The van der Waals surface area contributed by atoms with Crippen molar-refractivity contribution < 1.29 is 17.9 Å². The molecule has 146 valence electrons. The molecule has 0 aliphatic carbocycles. The number of nitrogens with zero attached hydrogens (tertiary/aromatic N) is 3. The van der Waals surface area contributed by atoms with E-state index in [4.69, 9.17) is 10.00 Å². The summed E-state index contributed by atoms with van der Waals surface area (Å²) in [5.41, 5.74) is 0.530. The van der Waals surface area contributed by atoms with Crippen molar-refractivity contribution in [3.63, 3.8) is 0 Å². The van der Waals surface area contributed by atoms with Crippen molar-refractivity contribution in [1.82, 2.24) is 9.21 Å². The van der Waals surface area contributed by atoms with Gasteiger partial charge in [-0.15, -0.1) is 11.8 Å². The maximum atomic E-state index is 12.9. The van der Waals surface area contributed by atoms with Gasteiger partial charge in [0.05, 0.1) is 30.3 Å². The Kier molecular flexibility index (Phi) is 6.76. The Labute approximate surface area is 164 Å². The van der Waals surface area contributed by atoms with Crippen LogP contribution in [0.25, 0.3) is 0 Å². The summed E-state index contributed by atoms with van der Waals surface area (Å²) in [5.74, 6) is 0.164. The van der Waals surface area contributed by atoms with Gasteiger partial charge in [0.25, 0.3) is 5.91 Å². The summed E-state index contributed by atoms with van der Waals surface area (Å²) in [7, 11) is -3.43. The van der Waals surface area contributed by atoms with Gasteiger partial charge in [0.2, 0.25) is 10.0 Å². The Morgan fingerprint density at radius 2 is 2.07 bits per heavy atom. The SMILES string of the molecule is N#CCSc1cccc(C(=O)N2CCC[C@@H](S(=O)(=O)N3CCOCC3)C2)c1. The first kappa shape index (κ1) is 20.1. The van der Waals surface area contributed by atoms with E-state index in [9.17, 15) is 13.2 Å². The number of benzene rings is 1. The summed E-state index contributed by atoms with van der Waals surface area (Å²) in [6.45, 7) is 2.37. The van der Waals surface area contributed by atoms with Crippen LogP contribution in [0.5, 0.6) is 0 Å². The zero-order chi connectivity index (χ0) is 19.3. The van der Waals surface area contributed by atoms with Crippen LogP contribution < -0.4 is 0 Å². The second-order valence-corrected chi connectivity index (χ2v) is 9.81. The van der Waals surface area contributed by atoms with Crippen molar-refractivity contribution in [2.75, 3.05) is 45.1 Å². The van der Waals surface area contributed by atoms with E-state index in [2.05, 4.69) is 6.07 Å². The van der Waals surface area contributed by atoms with E-state index in [1.165, 1.54) is 16.1 Å². The molecule has 9 heteroatoms. The molecule has 0 saturated carbocycles. The van der Waals surface area contributed by atoms with Crippen molar-refractivity contribution in [3.8, 4) is 6.07 Å². The number of hydrogen-bond acceptors (Lipinski definition) is 6. The van der Waals surface area contributed by atoms with Crippen LogP contribution in [0.4, 0.5) is 0 Å². The van der Waals surface area contributed by atoms with E-state index >= 15 is 0 Å². The molecule has 0 N–H and O–H groups in total. The highest BCUT2D eigenvalue weighted by molar-refractivity contribution is 7.99.